The minimum absolute atomic E-state index is 0.200. The van der Waals surface area contributed by atoms with Crippen molar-refractivity contribution >= 4 is 44.6 Å². The zero-order valence-corrected chi connectivity index (χ0v) is 26.8. The Balaban J connectivity index is 1.38. The summed E-state index contributed by atoms with van der Waals surface area (Å²) in [5, 5.41) is 0.604. The quantitative estimate of drug-likeness (QED) is 0.233. The van der Waals surface area contributed by atoms with Crippen molar-refractivity contribution in [2.45, 2.75) is 56.4 Å². The van der Waals surface area contributed by atoms with Crippen LogP contribution in [0.15, 0.2) is 59.5 Å². The van der Waals surface area contributed by atoms with Gasteiger partial charge in [0.2, 0.25) is 0 Å². The van der Waals surface area contributed by atoms with E-state index in [1.165, 1.54) is 55.1 Å². The molecule has 0 atom stereocenters. The van der Waals surface area contributed by atoms with E-state index in [-0.39, 0.29) is 16.3 Å². The predicted molar refractivity (Wildman–Crippen MR) is 171 cm³/mol. The Morgan fingerprint density at radius 3 is 2.31 bits per heavy atom. The maximum absolute atomic E-state index is 14.1. The van der Waals surface area contributed by atoms with E-state index < -0.39 is 16.0 Å². The van der Waals surface area contributed by atoms with E-state index >= 15 is 0 Å². The Kier molecular flexibility index (Phi) is 10.3. The zero-order valence-electron chi connectivity index (χ0n) is 24.4. The lowest BCUT2D eigenvalue weighted by Crippen LogP contribution is -2.47. The third-order valence-corrected chi connectivity index (χ3v) is 11.6. The van der Waals surface area contributed by atoms with Gasteiger partial charge in [-0.25, -0.2) is 13.2 Å². The number of benzene rings is 2. The number of hydrogen-bond acceptors (Lipinski definition) is 7. The second-order valence-corrected chi connectivity index (χ2v) is 14.6. The first-order chi connectivity index (χ1) is 20.3. The minimum atomic E-state index is -3.95. The Morgan fingerprint density at radius 1 is 1.00 bits per heavy atom. The summed E-state index contributed by atoms with van der Waals surface area (Å²) < 4.78 is 34.8. The lowest BCUT2D eigenvalue weighted by atomic mass is 10.00. The van der Waals surface area contributed by atoms with Crippen LogP contribution in [0.2, 0.25) is 5.02 Å². The predicted octanol–water partition coefficient (Wildman–Crippen LogP) is 6.70. The molecule has 0 saturated carbocycles. The summed E-state index contributed by atoms with van der Waals surface area (Å²) in [5.74, 6) is -0.556. The number of carbonyl (C=O) groups is 1. The number of aryl methyl sites for hydroxylation is 1. The summed E-state index contributed by atoms with van der Waals surface area (Å²) in [6, 6.07) is 16.6. The molecule has 3 aromatic rings. The summed E-state index contributed by atoms with van der Waals surface area (Å²) in [4.78, 5) is 19.3. The third-order valence-electron chi connectivity index (χ3n) is 8.39. The molecule has 0 radical (unpaired) electrons. The fourth-order valence-electron chi connectivity index (χ4n) is 6.00. The number of likely N-dealkylation sites (tertiary alicyclic amines) is 2. The van der Waals surface area contributed by atoms with E-state index in [0.717, 1.165) is 48.5 Å². The van der Waals surface area contributed by atoms with E-state index in [2.05, 4.69) is 9.80 Å². The van der Waals surface area contributed by atoms with E-state index in [1.807, 2.05) is 19.1 Å². The van der Waals surface area contributed by atoms with Crippen molar-refractivity contribution in [3.8, 4) is 10.4 Å². The van der Waals surface area contributed by atoms with Gasteiger partial charge in [0.05, 0.1) is 17.7 Å². The van der Waals surface area contributed by atoms with Gasteiger partial charge in [0.1, 0.15) is 4.88 Å². The molecule has 2 aliphatic heterocycles. The van der Waals surface area contributed by atoms with Crippen LogP contribution in [0.4, 0.5) is 5.69 Å². The highest BCUT2D eigenvalue weighted by Gasteiger charge is 2.32. The second-order valence-electron chi connectivity index (χ2n) is 11.2. The van der Waals surface area contributed by atoms with E-state index in [1.54, 1.807) is 42.5 Å². The molecular formula is C32H40ClN3O4S2. The van der Waals surface area contributed by atoms with E-state index in [0.29, 0.717) is 23.2 Å². The summed E-state index contributed by atoms with van der Waals surface area (Å²) in [6.45, 7) is 7.47. The van der Waals surface area contributed by atoms with Gasteiger partial charge >= 0.3 is 5.97 Å². The van der Waals surface area contributed by atoms with Crippen molar-refractivity contribution in [3.63, 3.8) is 0 Å². The first kappa shape index (κ1) is 31.0. The van der Waals surface area contributed by atoms with Crippen LogP contribution in [0, 0.1) is 6.92 Å². The van der Waals surface area contributed by atoms with Crippen LogP contribution >= 0.6 is 22.9 Å². The van der Waals surface area contributed by atoms with Crippen LogP contribution < -0.4 is 4.31 Å². The lowest BCUT2D eigenvalue weighted by Gasteiger charge is -2.40. The number of rotatable bonds is 10. The highest BCUT2D eigenvalue weighted by molar-refractivity contribution is 7.92. The van der Waals surface area contributed by atoms with Crippen LogP contribution in [0.1, 0.15) is 53.8 Å². The van der Waals surface area contributed by atoms with Crippen LogP contribution in [0.25, 0.3) is 10.4 Å². The Morgan fingerprint density at radius 2 is 1.67 bits per heavy atom. The van der Waals surface area contributed by atoms with E-state index in [4.69, 9.17) is 16.3 Å². The second kappa shape index (κ2) is 13.9. The van der Waals surface area contributed by atoms with Gasteiger partial charge in [0, 0.05) is 22.5 Å². The largest absolute Gasteiger partial charge is 0.465 e. The maximum Gasteiger partial charge on any atom is 0.350 e. The molecule has 226 valence electrons. The number of piperidine rings is 2. The number of halogens is 1. The molecule has 0 aliphatic carbocycles. The summed E-state index contributed by atoms with van der Waals surface area (Å²) in [5.41, 5.74) is 2.18. The van der Waals surface area contributed by atoms with Crippen LogP contribution in [0.5, 0.6) is 0 Å². The third kappa shape index (κ3) is 7.19. The van der Waals surface area contributed by atoms with Crippen molar-refractivity contribution in [2.24, 2.45) is 0 Å². The van der Waals surface area contributed by atoms with Gasteiger partial charge in [-0.05, 0) is 108 Å². The van der Waals surface area contributed by atoms with Gasteiger partial charge in [-0.3, -0.25) is 4.31 Å². The molecule has 2 saturated heterocycles. The van der Waals surface area contributed by atoms with Gasteiger partial charge in [-0.15, -0.1) is 11.3 Å². The standard InChI is InChI=1S/C32H40ClN3O4S2/c1-24-7-13-28(14-8-24)42(38,39)36(20-6-17-34-21-15-27(16-22-34)35-18-4-3-5-19-35)29-23-30(41-31(29)32(37)40-2)25-9-11-26(33)12-10-25/h7-14,23,27H,3-6,15-22H2,1-2H3. The van der Waals surface area contributed by atoms with Crippen molar-refractivity contribution in [2.75, 3.05) is 50.7 Å². The Hall–Kier alpha value is -2.43. The molecule has 0 amide bonds. The Labute approximate surface area is 259 Å². The molecule has 2 aliphatic rings. The number of nitrogens with zero attached hydrogens (tertiary/aromatic N) is 3. The minimum Gasteiger partial charge on any atom is -0.465 e. The topological polar surface area (TPSA) is 70.2 Å². The zero-order chi connectivity index (χ0) is 29.7. The van der Waals surface area contributed by atoms with Gasteiger partial charge in [0.15, 0.2) is 0 Å². The number of anilines is 1. The molecule has 0 unspecified atom stereocenters. The van der Waals surface area contributed by atoms with Gasteiger partial charge < -0.3 is 14.5 Å². The highest BCUT2D eigenvalue weighted by Crippen LogP contribution is 2.40. The summed E-state index contributed by atoms with van der Waals surface area (Å²) in [6.07, 6.45) is 6.93. The van der Waals surface area contributed by atoms with Crippen molar-refractivity contribution < 1.29 is 17.9 Å². The fourth-order valence-corrected chi connectivity index (χ4v) is 8.77. The molecule has 3 heterocycles. The fraction of sp³-hybridized carbons (Fsp3) is 0.469. The molecule has 5 rings (SSSR count). The lowest BCUT2D eigenvalue weighted by molar-refractivity contribution is 0.0607. The van der Waals surface area contributed by atoms with Crippen molar-refractivity contribution in [1.82, 2.24) is 9.80 Å². The average molecular weight is 630 g/mol. The highest BCUT2D eigenvalue weighted by atomic mass is 35.5. The summed E-state index contributed by atoms with van der Waals surface area (Å²) >= 11 is 7.33. The molecule has 7 nitrogen and oxygen atoms in total. The average Bonchev–Trinajstić information content (AvgIpc) is 3.45. The number of ether oxygens (including phenoxy) is 1. The van der Waals surface area contributed by atoms with Gasteiger partial charge in [0.25, 0.3) is 10.0 Å². The molecular weight excluding hydrogens is 590 g/mol. The number of thiophene rings is 1. The number of sulfonamides is 1. The van der Waals surface area contributed by atoms with Crippen LogP contribution in [0.3, 0.4) is 0 Å². The molecule has 2 fully saturated rings. The summed E-state index contributed by atoms with van der Waals surface area (Å²) in [7, 11) is -2.63. The maximum atomic E-state index is 14.1. The number of carbonyl (C=O) groups excluding carboxylic acids is 1. The van der Waals surface area contributed by atoms with E-state index in [9.17, 15) is 13.2 Å². The molecule has 1 aromatic heterocycles. The van der Waals surface area contributed by atoms with Gasteiger partial charge in [-0.2, -0.15) is 0 Å². The molecule has 0 spiro atoms. The van der Waals surface area contributed by atoms with Crippen molar-refractivity contribution in [3.05, 3.63) is 70.1 Å². The van der Waals surface area contributed by atoms with Crippen LogP contribution in [-0.4, -0.2) is 76.6 Å². The first-order valence-electron chi connectivity index (χ1n) is 14.8. The monoisotopic (exact) mass is 629 g/mol. The Bertz CT molecular complexity index is 1440. The number of methoxy groups -OCH3 is 1. The molecule has 2 aromatic carbocycles. The van der Waals surface area contributed by atoms with Crippen LogP contribution in [-0.2, 0) is 14.8 Å². The smallest absolute Gasteiger partial charge is 0.350 e. The molecule has 10 heteroatoms. The molecule has 0 bridgehead atoms. The van der Waals surface area contributed by atoms with Crippen molar-refractivity contribution in [1.29, 1.82) is 0 Å². The number of hydrogen-bond donors (Lipinski definition) is 0. The molecule has 42 heavy (non-hydrogen) atoms. The molecule has 0 N–H and O–H groups in total. The first-order valence-corrected chi connectivity index (χ1v) is 17.4. The normalized spacial score (nSPS) is 17.3. The SMILES string of the molecule is COC(=O)c1sc(-c2ccc(Cl)cc2)cc1N(CCCN1CCC(N2CCCCC2)CC1)S(=O)(=O)c1ccc(C)cc1. The number of esters is 1. The van der Waals surface area contributed by atoms with Gasteiger partial charge in [-0.1, -0.05) is 47.9 Å².